The van der Waals surface area contributed by atoms with Crippen LogP contribution in [0.2, 0.25) is 5.02 Å². The van der Waals surface area contributed by atoms with E-state index in [9.17, 15) is 18.0 Å². The fourth-order valence-electron chi connectivity index (χ4n) is 4.11. The minimum Gasteiger partial charge on any atom is -0.493 e. The summed E-state index contributed by atoms with van der Waals surface area (Å²) < 4.78 is 40.5. The first-order valence-electron chi connectivity index (χ1n) is 13.2. The summed E-state index contributed by atoms with van der Waals surface area (Å²) in [4.78, 5) is 28.4. The number of carbonyl (C=O) groups excluding carboxylic acids is 2. The molecular formula is C30H35BrClN3O6S. The van der Waals surface area contributed by atoms with Gasteiger partial charge in [-0.05, 0) is 66.9 Å². The molecule has 0 saturated carbocycles. The van der Waals surface area contributed by atoms with Crippen LogP contribution in [0, 0.1) is 5.92 Å². The van der Waals surface area contributed by atoms with Gasteiger partial charge in [-0.2, -0.15) is 0 Å². The van der Waals surface area contributed by atoms with Crippen molar-refractivity contribution in [3.63, 3.8) is 0 Å². The van der Waals surface area contributed by atoms with Gasteiger partial charge in [-0.15, -0.1) is 0 Å². The first kappa shape index (κ1) is 33.2. The van der Waals surface area contributed by atoms with Crippen molar-refractivity contribution in [3.8, 4) is 11.5 Å². The van der Waals surface area contributed by atoms with E-state index in [1.165, 1.54) is 49.5 Å². The summed E-state index contributed by atoms with van der Waals surface area (Å²) >= 11 is 9.53. The quantitative estimate of drug-likeness (QED) is 0.256. The number of carbonyl (C=O) groups is 2. The molecule has 0 saturated heterocycles. The maximum atomic E-state index is 14.1. The van der Waals surface area contributed by atoms with Crippen molar-refractivity contribution in [1.29, 1.82) is 0 Å². The second-order valence-electron chi connectivity index (χ2n) is 9.97. The van der Waals surface area contributed by atoms with Crippen LogP contribution in [0.5, 0.6) is 11.5 Å². The number of ether oxygens (including phenoxy) is 2. The Balaban J connectivity index is 2.05. The molecule has 42 heavy (non-hydrogen) atoms. The van der Waals surface area contributed by atoms with Crippen LogP contribution >= 0.6 is 27.5 Å². The molecule has 0 aliphatic rings. The molecule has 0 radical (unpaired) electrons. The number of amides is 2. The predicted octanol–water partition coefficient (Wildman–Crippen LogP) is 5.50. The summed E-state index contributed by atoms with van der Waals surface area (Å²) in [6, 6.07) is 16.8. The van der Waals surface area contributed by atoms with E-state index in [0.29, 0.717) is 17.3 Å². The van der Waals surface area contributed by atoms with E-state index in [1.54, 1.807) is 19.1 Å². The van der Waals surface area contributed by atoms with Gasteiger partial charge in [-0.1, -0.05) is 53.5 Å². The topological polar surface area (TPSA) is 105 Å². The molecule has 1 N–H and O–H groups in total. The van der Waals surface area contributed by atoms with E-state index in [0.717, 1.165) is 14.3 Å². The average molecular weight is 681 g/mol. The second-order valence-corrected chi connectivity index (χ2v) is 13.2. The highest BCUT2D eigenvalue weighted by Crippen LogP contribution is 2.32. The Kier molecular flexibility index (Phi) is 11.7. The van der Waals surface area contributed by atoms with Gasteiger partial charge in [-0.3, -0.25) is 13.9 Å². The number of hydrogen-bond acceptors (Lipinski definition) is 6. The molecule has 0 spiro atoms. The Morgan fingerprint density at radius 2 is 1.62 bits per heavy atom. The van der Waals surface area contributed by atoms with E-state index in [2.05, 4.69) is 21.2 Å². The van der Waals surface area contributed by atoms with Crippen LogP contribution < -0.4 is 19.1 Å². The van der Waals surface area contributed by atoms with Crippen molar-refractivity contribution in [3.05, 3.63) is 81.8 Å². The van der Waals surface area contributed by atoms with Gasteiger partial charge in [0.1, 0.15) is 12.6 Å². The van der Waals surface area contributed by atoms with Gasteiger partial charge in [0.05, 0.1) is 24.8 Å². The molecule has 0 aromatic heterocycles. The van der Waals surface area contributed by atoms with Crippen molar-refractivity contribution < 1.29 is 27.5 Å². The minimum absolute atomic E-state index is 0.0827. The van der Waals surface area contributed by atoms with Crippen LogP contribution in [-0.2, 0) is 26.2 Å². The van der Waals surface area contributed by atoms with Gasteiger partial charge in [0.15, 0.2) is 11.5 Å². The standard InChI is InChI=1S/C30H35BrClN3O6S/c1-20(2)17-33-30(37)21(3)34(18-22-7-6-8-23(31)15-22)29(36)19-35(25-11-9-24(32)10-12-25)42(38,39)26-13-14-27(40-4)28(16-26)41-5/h6-16,20-21H,17-19H2,1-5H3,(H,33,37). The number of methoxy groups -OCH3 is 2. The number of rotatable bonds is 13. The van der Waals surface area contributed by atoms with Crippen molar-refractivity contribution in [1.82, 2.24) is 10.2 Å². The minimum atomic E-state index is -4.30. The van der Waals surface area contributed by atoms with Crippen LogP contribution in [0.15, 0.2) is 76.1 Å². The average Bonchev–Trinajstić information content (AvgIpc) is 2.97. The van der Waals surface area contributed by atoms with Crippen molar-refractivity contribution in [2.45, 2.75) is 38.3 Å². The molecule has 0 aliphatic carbocycles. The lowest BCUT2D eigenvalue weighted by Gasteiger charge is -2.32. The molecule has 9 nitrogen and oxygen atoms in total. The van der Waals surface area contributed by atoms with Gasteiger partial charge in [0, 0.05) is 28.7 Å². The fraction of sp³-hybridized carbons (Fsp3) is 0.333. The first-order valence-corrected chi connectivity index (χ1v) is 15.8. The lowest BCUT2D eigenvalue weighted by atomic mass is 10.1. The Bertz CT molecular complexity index is 1500. The van der Waals surface area contributed by atoms with Crippen LogP contribution in [0.25, 0.3) is 0 Å². The molecule has 2 amide bonds. The lowest BCUT2D eigenvalue weighted by Crippen LogP contribution is -2.51. The summed E-state index contributed by atoms with van der Waals surface area (Å²) in [6.45, 7) is 5.51. The van der Waals surface area contributed by atoms with E-state index >= 15 is 0 Å². The van der Waals surface area contributed by atoms with Gasteiger partial charge in [0.2, 0.25) is 11.8 Å². The molecule has 1 atom stereocenters. The third-order valence-electron chi connectivity index (χ3n) is 6.43. The third kappa shape index (κ3) is 8.39. The van der Waals surface area contributed by atoms with Crippen LogP contribution in [0.3, 0.4) is 0 Å². The normalized spacial score (nSPS) is 12.0. The first-order chi connectivity index (χ1) is 19.9. The molecule has 226 valence electrons. The maximum absolute atomic E-state index is 14.1. The number of halogens is 2. The second kappa shape index (κ2) is 14.8. The summed E-state index contributed by atoms with van der Waals surface area (Å²) in [7, 11) is -1.45. The van der Waals surface area contributed by atoms with Gasteiger partial charge in [-0.25, -0.2) is 8.42 Å². The van der Waals surface area contributed by atoms with Crippen molar-refractivity contribution in [2.24, 2.45) is 5.92 Å². The molecular weight excluding hydrogens is 646 g/mol. The van der Waals surface area contributed by atoms with Gasteiger partial charge in [0.25, 0.3) is 10.0 Å². The number of nitrogens with one attached hydrogen (secondary N) is 1. The molecule has 0 aliphatic heterocycles. The number of sulfonamides is 1. The Morgan fingerprint density at radius 1 is 0.952 bits per heavy atom. The molecule has 1 unspecified atom stereocenters. The smallest absolute Gasteiger partial charge is 0.264 e. The van der Waals surface area contributed by atoms with E-state index in [1.807, 2.05) is 38.1 Å². The molecule has 0 heterocycles. The van der Waals surface area contributed by atoms with Crippen LogP contribution in [0.1, 0.15) is 26.3 Å². The Morgan fingerprint density at radius 3 is 2.21 bits per heavy atom. The highest BCUT2D eigenvalue weighted by Gasteiger charge is 2.33. The summed E-state index contributed by atoms with van der Waals surface area (Å²) in [5.41, 5.74) is 0.990. The van der Waals surface area contributed by atoms with Gasteiger partial charge < -0.3 is 19.7 Å². The monoisotopic (exact) mass is 679 g/mol. The SMILES string of the molecule is COc1ccc(S(=O)(=O)N(CC(=O)N(Cc2cccc(Br)c2)C(C)C(=O)NCC(C)C)c2ccc(Cl)cc2)cc1OC. The molecule has 3 rings (SSSR count). The Hall–Kier alpha value is -3.28. The highest BCUT2D eigenvalue weighted by atomic mass is 79.9. The zero-order valence-electron chi connectivity index (χ0n) is 24.1. The fourth-order valence-corrected chi connectivity index (χ4v) is 6.11. The largest absolute Gasteiger partial charge is 0.493 e. The van der Waals surface area contributed by atoms with E-state index in [-0.39, 0.29) is 34.7 Å². The molecule has 0 fully saturated rings. The zero-order valence-corrected chi connectivity index (χ0v) is 27.3. The molecule has 3 aromatic rings. The lowest BCUT2D eigenvalue weighted by molar-refractivity contribution is -0.139. The number of nitrogens with zero attached hydrogens (tertiary/aromatic N) is 2. The molecule has 12 heteroatoms. The summed E-state index contributed by atoms with van der Waals surface area (Å²) in [6.07, 6.45) is 0. The van der Waals surface area contributed by atoms with E-state index in [4.69, 9.17) is 21.1 Å². The number of anilines is 1. The zero-order chi connectivity index (χ0) is 31.0. The Labute approximate surface area is 260 Å². The third-order valence-corrected chi connectivity index (χ3v) is 8.95. The highest BCUT2D eigenvalue weighted by molar-refractivity contribution is 9.10. The van der Waals surface area contributed by atoms with E-state index < -0.39 is 28.5 Å². The number of hydrogen-bond donors (Lipinski definition) is 1. The molecule has 3 aromatic carbocycles. The van der Waals surface area contributed by atoms with Crippen molar-refractivity contribution >= 4 is 55.1 Å². The summed E-state index contributed by atoms with van der Waals surface area (Å²) in [5.74, 6) is -0.129. The maximum Gasteiger partial charge on any atom is 0.264 e. The molecule has 0 bridgehead atoms. The van der Waals surface area contributed by atoms with Crippen LogP contribution in [-0.4, -0.2) is 58.5 Å². The van der Waals surface area contributed by atoms with Gasteiger partial charge >= 0.3 is 0 Å². The number of benzene rings is 3. The summed E-state index contributed by atoms with van der Waals surface area (Å²) in [5, 5.41) is 3.27. The van der Waals surface area contributed by atoms with Crippen LogP contribution in [0.4, 0.5) is 5.69 Å². The van der Waals surface area contributed by atoms with Crippen molar-refractivity contribution in [2.75, 3.05) is 31.6 Å². The predicted molar refractivity (Wildman–Crippen MR) is 168 cm³/mol.